The summed E-state index contributed by atoms with van der Waals surface area (Å²) in [5.74, 6) is 0.202. The molecule has 3 rings (SSSR count). The van der Waals surface area contributed by atoms with Gasteiger partial charge in [0.15, 0.2) is 18.1 Å². The summed E-state index contributed by atoms with van der Waals surface area (Å²) in [4.78, 5) is 24.4. The number of rotatable bonds is 8. The second-order valence-corrected chi connectivity index (χ2v) is 8.16. The number of aryl methyl sites for hydroxylation is 2. The zero-order valence-corrected chi connectivity index (χ0v) is 20.1. The molecule has 33 heavy (non-hydrogen) atoms. The van der Waals surface area contributed by atoms with Crippen molar-refractivity contribution in [3.05, 3.63) is 87.4 Å². The van der Waals surface area contributed by atoms with E-state index in [1.807, 2.05) is 50.2 Å². The zero-order chi connectivity index (χ0) is 23.8. The third kappa shape index (κ3) is 6.92. The number of hydrazone groups is 1. The molecule has 7 nitrogen and oxygen atoms in total. The molecule has 0 saturated carbocycles. The normalized spacial score (nSPS) is 10.7. The van der Waals surface area contributed by atoms with Crippen molar-refractivity contribution in [2.24, 2.45) is 5.10 Å². The van der Waals surface area contributed by atoms with Crippen LogP contribution < -0.4 is 20.2 Å². The van der Waals surface area contributed by atoms with Crippen LogP contribution in [0.25, 0.3) is 0 Å². The fourth-order valence-corrected chi connectivity index (χ4v) is 3.52. The van der Waals surface area contributed by atoms with Gasteiger partial charge in [0.1, 0.15) is 0 Å². The lowest BCUT2D eigenvalue weighted by atomic mass is 10.1. The van der Waals surface area contributed by atoms with E-state index in [9.17, 15) is 9.59 Å². The summed E-state index contributed by atoms with van der Waals surface area (Å²) in [7, 11) is 1.50. The maximum absolute atomic E-state index is 12.3. The topological polar surface area (TPSA) is 89.0 Å². The number of methoxy groups -OCH3 is 1. The van der Waals surface area contributed by atoms with E-state index in [0.29, 0.717) is 32.8 Å². The van der Waals surface area contributed by atoms with E-state index in [1.54, 1.807) is 24.3 Å². The predicted molar refractivity (Wildman–Crippen MR) is 132 cm³/mol. The number of ether oxygens (including phenoxy) is 2. The van der Waals surface area contributed by atoms with E-state index in [1.165, 1.54) is 13.3 Å². The molecule has 3 aromatic rings. The van der Waals surface area contributed by atoms with Gasteiger partial charge in [0.05, 0.1) is 17.8 Å². The highest BCUT2D eigenvalue weighted by Gasteiger charge is 2.13. The van der Waals surface area contributed by atoms with Gasteiger partial charge in [0.2, 0.25) is 0 Å². The summed E-state index contributed by atoms with van der Waals surface area (Å²) in [5.41, 5.74) is 6.50. The van der Waals surface area contributed by atoms with Crippen LogP contribution in [0.15, 0.2) is 70.2 Å². The molecule has 2 N–H and O–H groups in total. The number of nitrogens with one attached hydrogen (secondary N) is 2. The summed E-state index contributed by atoms with van der Waals surface area (Å²) in [5, 5.41) is 6.80. The number of nitrogens with zero attached hydrogens (tertiary/aromatic N) is 1. The average molecular weight is 510 g/mol. The van der Waals surface area contributed by atoms with Crippen molar-refractivity contribution in [1.29, 1.82) is 0 Å². The number of halogens is 1. The third-order valence-electron chi connectivity index (χ3n) is 4.59. The van der Waals surface area contributed by atoms with Crippen LogP contribution in [-0.4, -0.2) is 31.7 Å². The quantitative estimate of drug-likeness (QED) is 0.335. The van der Waals surface area contributed by atoms with Gasteiger partial charge >= 0.3 is 0 Å². The number of benzene rings is 3. The van der Waals surface area contributed by atoms with Gasteiger partial charge in [-0.15, -0.1) is 0 Å². The molecule has 0 aliphatic rings. The molecule has 0 aromatic heterocycles. The Hall–Kier alpha value is -3.65. The van der Waals surface area contributed by atoms with Crippen molar-refractivity contribution < 1.29 is 19.1 Å². The van der Waals surface area contributed by atoms with E-state index in [4.69, 9.17) is 9.47 Å². The molecule has 3 aromatic carbocycles. The van der Waals surface area contributed by atoms with Crippen molar-refractivity contribution in [1.82, 2.24) is 5.43 Å². The van der Waals surface area contributed by atoms with Gasteiger partial charge in [-0.1, -0.05) is 29.8 Å². The van der Waals surface area contributed by atoms with Gasteiger partial charge in [-0.05, 0) is 77.3 Å². The maximum Gasteiger partial charge on any atom is 0.271 e. The first-order valence-corrected chi connectivity index (χ1v) is 10.9. The molecule has 0 unspecified atom stereocenters. The molecule has 0 radical (unpaired) electrons. The second-order valence-electron chi connectivity index (χ2n) is 7.31. The molecular formula is C25H24BrN3O4. The van der Waals surface area contributed by atoms with Gasteiger partial charge in [-0.3, -0.25) is 9.59 Å². The van der Waals surface area contributed by atoms with Crippen molar-refractivity contribution >= 4 is 39.6 Å². The standard InChI is InChI=1S/C25H24BrN3O4/c1-16-7-9-19(10-8-16)25(31)29-27-14-18-12-21(26)24(22(13-18)32-3)33-15-23(30)28-20-6-4-5-17(2)11-20/h4-14H,15H2,1-3H3,(H,28,30)(H,29,31)/b27-14+. The summed E-state index contributed by atoms with van der Waals surface area (Å²) in [6.45, 7) is 3.71. The van der Waals surface area contributed by atoms with Crippen molar-refractivity contribution in [2.75, 3.05) is 19.0 Å². The maximum atomic E-state index is 12.3. The van der Waals surface area contributed by atoms with Crippen LogP contribution in [0, 0.1) is 13.8 Å². The predicted octanol–water partition coefficient (Wildman–Crippen LogP) is 4.86. The molecule has 8 heteroatoms. The lowest BCUT2D eigenvalue weighted by Crippen LogP contribution is -2.20. The Morgan fingerprint density at radius 3 is 2.48 bits per heavy atom. The fraction of sp³-hybridized carbons (Fsp3) is 0.160. The monoisotopic (exact) mass is 509 g/mol. The summed E-state index contributed by atoms with van der Waals surface area (Å²) in [6, 6.07) is 18.1. The second kappa shape index (κ2) is 11.3. The number of hydrogen-bond acceptors (Lipinski definition) is 5. The first-order chi connectivity index (χ1) is 15.9. The van der Waals surface area contributed by atoms with Gasteiger partial charge in [-0.25, -0.2) is 5.43 Å². The molecule has 0 aliphatic carbocycles. The van der Waals surface area contributed by atoms with Crippen LogP contribution >= 0.6 is 15.9 Å². The molecular weight excluding hydrogens is 486 g/mol. The summed E-state index contributed by atoms with van der Waals surface area (Å²) >= 11 is 3.44. The van der Waals surface area contributed by atoms with E-state index in [0.717, 1.165) is 11.1 Å². The summed E-state index contributed by atoms with van der Waals surface area (Å²) < 4.78 is 11.7. The van der Waals surface area contributed by atoms with Crippen molar-refractivity contribution in [3.63, 3.8) is 0 Å². The molecule has 0 atom stereocenters. The first-order valence-electron chi connectivity index (χ1n) is 10.1. The van der Waals surface area contributed by atoms with Crippen molar-refractivity contribution in [3.8, 4) is 11.5 Å². The SMILES string of the molecule is COc1cc(/C=N/NC(=O)c2ccc(C)cc2)cc(Br)c1OCC(=O)Nc1cccc(C)c1. The molecule has 0 fully saturated rings. The average Bonchev–Trinajstić information content (AvgIpc) is 2.78. The lowest BCUT2D eigenvalue weighted by Gasteiger charge is -2.13. The van der Waals surface area contributed by atoms with E-state index < -0.39 is 0 Å². The van der Waals surface area contributed by atoms with Crippen LogP contribution in [0.4, 0.5) is 5.69 Å². The van der Waals surface area contributed by atoms with Gasteiger partial charge < -0.3 is 14.8 Å². The van der Waals surface area contributed by atoms with Crippen LogP contribution in [0.5, 0.6) is 11.5 Å². The van der Waals surface area contributed by atoms with E-state index in [-0.39, 0.29) is 18.4 Å². The highest BCUT2D eigenvalue weighted by atomic mass is 79.9. The third-order valence-corrected chi connectivity index (χ3v) is 5.18. The zero-order valence-electron chi connectivity index (χ0n) is 18.5. The van der Waals surface area contributed by atoms with Crippen LogP contribution in [0.1, 0.15) is 27.0 Å². The van der Waals surface area contributed by atoms with Crippen molar-refractivity contribution in [2.45, 2.75) is 13.8 Å². The van der Waals surface area contributed by atoms with Gasteiger partial charge in [0.25, 0.3) is 11.8 Å². The van der Waals surface area contributed by atoms with Crippen LogP contribution in [0.2, 0.25) is 0 Å². The van der Waals surface area contributed by atoms with Crippen LogP contribution in [0.3, 0.4) is 0 Å². The van der Waals surface area contributed by atoms with E-state index in [2.05, 4.69) is 31.8 Å². The highest BCUT2D eigenvalue weighted by molar-refractivity contribution is 9.10. The summed E-state index contributed by atoms with van der Waals surface area (Å²) in [6.07, 6.45) is 1.49. The fourth-order valence-electron chi connectivity index (χ4n) is 2.95. The molecule has 0 heterocycles. The molecule has 0 aliphatic heterocycles. The molecule has 0 spiro atoms. The Bertz CT molecular complexity index is 1180. The first kappa shape index (κ1) is 24.0. The number of carbonyl (C=O) groups excluding carboxylic acids is 2. The van der Waals surface area contributed by atoms with E-state index >= 15 is 0 Å². The largest absolute Gasteiger partial charge is 0.493 e. The number of hydrogen-bond donors (Lipinski definition) is 2. The number of carbonyl (C=O) groups is 2. The number of anilines is 1. The highest BCUT2D eigenvalue weighted by Crippen LogP contribution is 2.36. The van der Waals surface area contributed by atoms with Crippen LogP contribution in [-0.2, 0) is 4.79 Å². The number of amides is 2. The Labute approximate surface area is 200 Å². The van der Waals surface area contributed by atoms with Gasteiger partial charge in [-0.2, -0.15) is 5.10 Å². The smallest absolute Gasteiger partial charge is 0.271 e. The minimum atomic E-state index is -0.308. The Morgan fingerprint density at radius 2 is 1.79 bits per heavy atom. The minimum absolute atomic E-state index is 0.192. The molecule has 0 bridgehead atoms. The lowest BCUT2D eigenvalue weighted by molar-refractivity contribution is -0.118. The molecule has 2 amide bonds. The Kier molecular flexibility index (Phi) is 8.21. The molecule has 170 valence electrons. The van der Waals surface area contributed by atoms with Gasteiger partial charge in [0, 0.05) is 11.3 Å². The molecule has 0 saturated heterocycles. The Morgan fingerprint density at radius 1 is 1.03 bits per heavy atom. The minimum Gasteiger partial charge on any atom is -0.493 e. The Balaban J connectivity index is 1.62.